The van der Waals surface area contributed by atoms with Crippen molar-refractivity contribution in [3.63, 3.8) is 0 Å². The number of hydrogen-bond donors (Lipinski definition) is 0. The van der Waals surface area contributed by atoms with Crippen LogP contribution < -0.4 is 4.74 Å². The Morgan fingerprint density at radius 1 is 1.27 bits per heavy atom. The maximum absolute atomic E-state index is 8.99. The molecular weight excluding hydrogens is 206 g/mol. The molecule has 0 spiro atoms. The second-order valence-corrected chi connectivity index (χ2v) is 3.84. The van der Waals surface area contributed by atoms with Crippen LogP contribution in [-0.2, 0) is 0 Å². The van der Waals surface area contributed by atoms with Gasteiger partial charge in [-0.2, -0.15) is 5.26 Å². The lowest BCUT2D eigenvalue weighted by molar-refractivity contribution is 0.428. The van der Waals surface area contributed by atoms with Crippen molar-refractivity contribution < 1.29 is 4.74 Å². The lowest BCUT2D eigenvalue weighted by atomic mass is 10.1. The van der Waals surface area contributed by atoms with Gasteiger partial charge in [0.25, 0.3) is 0 Å². The van der Waals surface area contributed by atoms with Crippen LogP contribution in [0.1, 0.15) is 5.56 Å². The Balaban J connectivity index is 2.61. The molecule has 0 bridgehead atoms. The third-order valence-corrected chi connectivity index (χ3v) is 3.06. The summed E-state index contributed by atoms with van der Waals surface area (Å²) in [7, 11) is 1.62. The molecule has 0 amide bonds. The highest BCUT2D eigenvalue weighted by Crippen LogP contribution is 2.38. The molecule has 0 aliphatic carbocycles. The van der Waals surface area contributed by atoms with Crippen LogP contribution in [0.25, 0.3) is 11.1 Å². The predicted octanol–water partition coefficient (Wildman–Crippen LogP) is 3.30. The molecule has 1 aromatic heterocycles. The van der Waals surface area contributed by atoms with Gasteiger partial charge in [-0.15, -0.1) is 11.3 Å². The molecule has 3 heteroatoms. The average molecular weight is 215 g/mol. The number of benzene rings is 1. The minimum Gasteiger partial charge on any atom is -0.487 e. The van der Waals surface area contributed by atoms with Crippen LogP contribution in [0.2, 0.25) is 0 Å². The summed E-state index contributed by atoms with van der Waals surface area (Å²) in [6, 6.07) is 12.0. The summed E-state index contributed by atoms with van der Waals surface area (Å²) in [5.74, 6) is 0. The number of methoxy groups -OCH3 is 1. The van der Waals surface area contributed by atoms with Crippen molar-refractivity contribution in [3.8, 4) is 22.3 Å². The maximum Gasteiger partial charge on any atom is 0.182 e. The quantitative estimate of drug-likeness (QED) is 0.770. The van der Waals surface area contributed by atoms with Gasteiger partial charge in [0, 0.05) is 5.38 Å². The van der Waals surface area contributed by atoms with Gasteiger partial charge in [0.1, 0.15) is 6.07 Å². The largest absolute Gasteiger partial charge is 0.487 e. The van der Waals surface area contributed by atoms with E-state index in [1.54, 1.807) is 7.11 Å². The molecule has 0 unspecified atom stereocenters. The summed E-state index contributed by atoms with van der Waals surface area (Å²) >= 11 is 1.45. The number of hydrogen-bond acceptors (Lipinski definition) is 3. The van der Waals surface area contributed by atoms with Gasteiger partial charge in [0.15, 0.2) is 5.06 Å². The molecule has 1 heterocycles. The fraction of sp³-hybridized carbons (Fsp3) is 0.0833. The van der Waals surface area contributed by atoms with Gasteiger partial charge in [-0.25, -0.2) is 0 Å². The normalized spacial score (nSPS) is 9.60. The SMILES string of the molecule is COc1scc(C#N)c1-c1ccccc1. The molecule has 0 N–H and O–H groups in total. The van der Waals surface area contributed by atoms with Crippen LogP contribution in [0.4, 0.5) is 0 Å². The highest BCUT2D eigenvalue weighted by Gasteiger charge is 2.13. The highest BCUT2D eigenvalue weighted by atomic mass is 32.1. The lowest BCUT2D eigenvalue weighted by Crippen LogP contribution is -1.84. The first-order chi connectivity index (χ1) is 7.36. The van der Waals surface area contributed by atoms with E-state index in [0.717, 1.165) is 16.2 Å². The monoisotopic (exact) mass is 215 g/mol. The predicted molar refractivity (Wildman–Crippen MR) is 61.0 cm³/mol. The van der Waals surface area contributed by atoms with Gasteiger partial charge in [-0.1, -0.05) is 30.3 Å². The number of nitrogens with zero attached hydrogens (tertiary/aromatic N) is 1. The van der Waals surface area contributed by atoms with E-state index in [2.05, 4.69) is 6.07 Å². The molecule has 0 saturated heterocycles. The van der Waals surface area contributed by atoms with Crippen molar-refractivity contribution in [2.24, 2.45) is 0 Å². The van der Waals surface area contributed by atoms with Gasteiger partial charge in [-0.05, 0) is 5.56 Å². The third kappa shape index (κ3) is 1.72. The fourth-order valence-corrected chi connectivity index (χ4v) is 2.29. The Hall–Kier alpha value is -1.79. The smallest absolute Gasteiger partial charge is 0.182 e. The van der Waals surface area contributed by atoms with E-state index in [9.17, 15) is 0 Å². The molecule has 2 rings (SSSR count). The van der Waals surface area contributed by atoms with Crippen LogP contribution in [0.5, 0.6) is 5.06 Å². The Bertz CT molecular complexity index is 496. The molecule has 0 aliphatic heterocycles. The molecule has 0 aliphatic rings. The van der Waals surface area contributed by atoms with Crippen LogP contribution in [-0.4, -0.2) is 7.11 Å². The van der Waals surface area contributed by atoms with Crippen LogP contribution in [0.3, 0.4) is 0 Å². The molecule has 1 aromatic carbocycles. The highest BCUT2D eigenvalue weighted by molar-refractivity contribution is 7.12. The molecule has 2 nitrogen and oxygen atoms in total. The summed E-state index contributed by atoms with van der Waals surface area (Å²) < 4.78 is 5.25. The molecule has 0 radical (unpaired) electrons. The Morgan fingerprint density at radius 3 is 2.60 bits per heavy atom. The van der Waals surface area contributed by atoms with Gasteiger partial charge in [0.2, 0.25) is 0 Å². The summed E-state index contributed by atoms with van der Waals surface area (Å²) in [6.45, 7) is 0. The Labute approximate surface area is 92.4 Å². The van der Waals surface area contributed by atoms with Crippen molar-refractivity contribution in [1.29, 1.82) is 5.26 Å². The minimum absolute atomic E-state index is 0.669. The van der Waals surface area contributed by atoms with Crippen molar-refractivity contribution in [2.75, 3.05) is 7.11 Å². The Kier molecular flexibility index (Phi) is 2.70. The summed E-state index contributed by atoms with van der Waals surface area (Å²) in [6.07, 6.45) is 0. The van der Waals surface area contributed by atoms with E-state index in [1.165, 1.54) is 11.3 Å². The zero-order valence-electron chi connectivity index (χ0n) is 8.23. The average Bonchev–Trinajstić information content (AvgIpc) is 2.72. The molecular formula is C12H9NOS. The van der Waals surface area contributed by atoms with Crippen molar-refractivity contribution in [3.05, 3.63) is 41.3 Å². The topological polar surface area (TPSA) is 33.0 Å². The van der Waals surface area contributed by atoms with E-state index in [4.69, 9.17) is 10.00 Å². The van der Waals surface area contributed by atoms with Crippen molar-refractivity contribution in [1.82, 2.24) is 0 Å². The minimum atomic E-state index is 0.669. The third-order valence-electron chi connectivity index (χ3n) is 2.13. The second-order valence-electron chi connectivity index (χ2n) is 2.99. The van der Waals surface area contributed by atoms with E-state index < -0.39 is 0 Å². The van der Waals surface area contributed by atoms with Gasteiger partial charge in [-0.3, -0.25) is 0 Å². The standard InChI is InChI=1S/C12H9NOS/c1-14-12-11(10(7-13)8-15-12)9-5-3-2-4-6-9/h2-6,8H,1H3. The molecule has 15 heavy (non-hydrogen) atoms. The maximum atomic E-state index is 8.99. The molecule has 0 saturated carbocycles. The zero-order chi connectivity index (χ0) is 10.7. The van der Waals surface area contributed by atoms with E-state index >= 15 is 0 Å². The number of ether oxygens (including phenoxy) is 1. The molecule has 2 aromatic rings. The van der Waals surface area contributed by atoms with Crippen LogP contribution in [0.15, 0.2) is 35.7 Å². The molecule has 74 valence electrons. The summed E-state index contributed by atoms with van der Waals surface area (Å²) in [5, 5.41) is 11.6. The zero-order valence-corrected chi connectivity index (χ0v) is 9.04. The first-order valence-corrected chi connectivity index (χ1v) is 5.35. The number of rotatable bonds is 2. The van der Waals surface area contributed by atoms with Crippen molar-refractivity contribution in [2.45, 2.75) is 0 Å². The summed E-state index contributed by atoms with van der Waals surface area (Å²) in [5.41, 5.74) is 2.58. The van der Waals surface area contributed by atoms with Gasteiger partial charge < -0.3 is 4.74 Å². The van der Waals surface area contributed by atoms with Crippen molar-refractivity contribution >= 4 is 11.3 Å². The number of thiophene rings is 1. The van der Waals surface area contributed by atoms with Crippen LogP contribution in [0, 0.1) is 11.3 Å². The lowest BCUT2D eigenvalue weighted by Gasteiger charge is -2.02. The van der Waals surface area contributed by atoms with E-state index in [1.807, 2.05) is 35.7 Å². The van der Waals surface area contributed by atoms with Gasteiger partial charge in [0.05, 0.1) is 18.2 Å². The second kappa shape index (κ2) is 4.16. The first kappa shape index (κ1) is 9.75. The van der Waals surface area contributed by atoms with E-state index in [0.29, 0.717) is 5.56 Å². The number of nitriles is 1. The van der Waals surface area contributed by atoms with E-state index in [-0.39, 0.29) is 0 Å². The fourth-order valence-electron chi connectivity index (χ4n) is 1.45. The first-order valence-electron chi connectivity index (χ1n) is 4.48. The van der Waals surface area contributed by atoms with Gasteiger partial charge >= 0.3 is 0 Å². The Morgan fingerprint density at radius 2 is 2.00 bits per heavy atom. The van der Waals surface area contributed by atoms with Crippen LogP contribution >= 0.6 is 11.3 Å². The molecule has 0 atom stereocenters. The molecule has 0 fully saturated rings. The summed E-state index contributed by atoms with van der Waals surface area (Å²) in [4.78, 5) is 0.